The van der Waals surface area contributed by atoms with Crippen molar-refractivity contribution in [2.45, 2.75) is 31.7 Å². The molecule has 104 valence electrons. The molecular formula is C16H19N3O. The summed E-state index contributed by atoms with van der Waals surface area (Å²) in [4.78, 5) is 16.4. The highest BCUT2D eigenvalue weighted by molar-refractivity contribution is 6.00. The van der Waals surface area contributed by atoms with Gasteiger partial charge < -0.3 is 10.6 Å². The molecule has 1 aliphatic heterocycles. The molecule has 1 amide bonds. The highest BCUT2D eigenvalue weighted by Gasteiger charge is 2.15. The standard InChI is InChI=1S/C16H19N3O/c20-16(9-8-12-4-2-10-17-12)19-15-7-1-6-14-13(15)5-3-11-18-14/h1,3,5-7,11-12,17H,2,4,8-10H2,(H,19,20). The van der Waals surface area contributed by atoms with Crippen LogP contribution in [0.15, 0.2) is 36.5 Å². The lowest BCUT2D eigenvalue weighted by atomic mass is 10.1. The highest BCUT2D eigenvalue weighted by Crippen LogP contribution is 2.21. The molecular weight excluding hydrogens is 250 g/mol. The fourth-order valence-electron chi connectivity index (χ4n) is 2.73. The molecule has 1 aromatic heterocycles. The maximum absolute atomic E-state index is 12.1. The second kappa shape index (κ2) is 6.01. The summed E-state index contributed by atoms with van der Waals surface area (Å²) >= 11 is 0. The molecule has 0 bridgehead atoms. The van der Waals surface area contributed by atoms with Crippen molar-refractivity contribution in [3.63, 3.8) is 0 Å². The van der Waals surface area contributed by atoms with E-state index in [-0.39, 0.29) is 5.91 Å². The number of benzene rings is 1. The zero-order valence-electron chi connectivity index (χ0n) is 11.4. The molecule has 0 spiro atoms. The van der Waals surface area contributed by atoms with Gasteiger partial charge in [0.05, 0.1) is 11.2 Å². The van der Waals surface area contributed by atoms with Crippen molar-refractivity contribution in [3.05, 3.63) is 36.5 Å². The van der Waals surface area contributed by atoms with E-state index in [9.17, 15) is 4.79 Å². The van der Waals surface area contributed by atoms with Gasteiger partial charge in [0.2, 0.25) is 5.91 Å². The van der Waals surface area contributed by atoms with Crippen molar-refractivity contribution < 1.29 is 4.79 Å². The molecule has 4 heteroatoms. The first-order valence-electron chi connectivity index (χ1n) is 7.20. The average molecular weight is 269 g/mol. The van der Waals surface area contributed by atoms with Crippen LogP contribution in [0.2, 0.25) is 0 Å². The molecule has 0 radical (unpaired) electrons. The van der Waals surface area contributed by atoms with E-state index in [1.165, 1.54) is 12.8 Å². The van der Waals surface area contributed by atoms with E-state index in [2.05, 4.69) is 15.6 Å². The number of aromatic nitrogens is 1. The van der Waals surface area contributed by atoms with Crippen LogP contribution in [-0.4, -0.2) is 23.5 Å². The molecule has 1 saturated heterocycles. The Morgan fingerprint density at radius 1 is 1.35 bits per heavy atom. The van der Waals surface area contributed by atoms with E-state index in [0.29, 0.717) is 12.5 Å². The molecule has 1 atom stereocenters. The molecule has 2 heterocycles. The lowest BCUT2D eigenvalue weighted by Crippen LogP contribution is -2.23. The van der Waals surface area contributed by atoms with Crippen molar-refractivity contribution in [1.29, 1.82) is 0 Å². The summed E-state index contributed by atoms with van der Waals surface area (Å²) in [6.07, 6.45) is 5.65. The molecule has 4 nitrogen and oxygen atoms in total. The third-order valence-electron chi connectivity index (χ3n) is 3.80. The van der Waals surface area contributed by atoms with Gasteiger partial charge in [-0.2, -0.15) is 0 Å². The average Bonchev–Trinajstić information content (AvgIpc) is 2.99. The van der Waals surface area contributed by atoms with Gasteiger partial charge in [-0.25, -0.2) is 0 Å². The topological polar surface area (TPSA) is 54.0 Å². The Hall–Kier alpha value is -1.94. The minimum atomic E-state index is 0.0788. The van der Waals surface area contributed by atoms with Gasteiger partial charge in [-0.1, -0.05) is 6.07 Å². The Morgan fingerprint density at radius 2 is 2.30 bits per heavy atom. The zero-order valence-corrected chi connectivity index (χ0v) is 11.4. The third kappa shape index (κ3) is 2.96. The Kier molecular flexibility index (Phi) is 3.92. The van der Waals surface area contributed by atoms with Crippen LogP contribution in [0.5, 0.6) is 0 Å². The van der Waals surface area contributed by atoms with E-state index in [1.807, 2.05) is 30.3 Å². The number of rotatable bonds is 4. The maximum atomic E-state index is 12.1. The number of pyridine rings is 1. The maximum Gasteiger partial charge on any atom is 0.224 e. The molecule has 3 rings (SSSR count). The molecule has 1 aromatic carbocycles. The predicted octanol–water partition coefficient (Wildman–Crippen LogP) is 2.71. The van der Waals surface area contributed by atoms with Gasteiger partial charge in [-0.3, -0.25) is 9.78 Å². The minimum absolute atomic E-state index is 0.0788. The van der Waals surface area contributed by atoms with Gasteiger partial charge in [0.25, 0.3) is 0 Å². The fraction of sp³-hybridized carbons (Fsp3) is 0.375. The highest BCUT2D eigenvalue weighted by atomic mass is 16.1. The predicted molar refractivity (Wildman–Crippen MR) is 80.6 cm³/mol. The van der Waals surface area contributed by atoms with Crippen LogP contribution in [0.1, 0.15) is 25.7 Å². The van der Waals surface area contributed by atoms with Crippen molar-refractivity contribution in [2.24, 2.45) is 0 Å². The number of amides is 1. The van der Waals surface area contributed by atoms with E-state index >= 15 is 0 Å². The molecule has 1 fully saturated rings. The number of nitrogens with zero attached hydrogens (tertiary/aromatic N) is 1. The van der Waals surface area contributed by atoms with Gasteiger partial charge >= 0.3 is 0 Å². The van der Waals surface area contributed by atoms with Crippen molar-refractivity contribution in [2.75, 3.05) is 11.9 Å². The minimum Gasteiger partial charge on any atom is -0.325 e. The molecule has 1 aliphatic rings. The summed E-state index contributed by atoms with van der Waals surface area (Å²) in [6, 6.07) is 10.2. The molecule has 1 unspecified atom stereocenters. The van der Waals surface area contributed by atoms with Crippen LogP contribution >= 0.6 is 0 Å². The molecule has 2 N–H and O–H groups in total. The smallest absolute Gasteiger partial charge is 0.224 e. The number of hydrogen-bond donors (Lipinski definition) is 2. The molecule has 2 aromatic rings. The quantitative estimate of drug-likeness (QED) is 0.897. The second-order valence-electron chi connectivity index (χ2n) is 5.26. The first-order valence-corrected chi connectivity index (χ1v) is 7.20. The normalized spacial score (nSPS) is 18.3. The summed E-state index contributed by atoms with van der Waals surface area (Å²) < 4.78 is 0. The SMILES string of the molecule is O=C(CCC1CCCN1)Nc1cccc2ncccc12. The summed E-state index contributed by atoms with van der Waals surface area (Å²) in [5.74, 6) is 0.0788. The number of carbonyl (C=O) groups excluding carboxylic acids is 1. The lowest BCUT2D eigenvalue weighted by molar-refractivity contribution is -0.116. The summed E-state index contributed by atoms with van der Waals surface area (Å²) in [6.45, 7) is 1.08. The Balaban J connectivity index is 1.65. The Labute approximate surface area is 118 Å². The van der Waals surface area contributed by atoms with Crippen LogP contribution < -0.4 is 10.6 Å². The van der Waals surface area contributed by atoms with Gasteiger partial charge in [0.15, 0.2) is 0 Å². The van der Waals surface area contributed by atoms with Crippen molar-refractivity contribution >= 4 is 22.5 Å². The Morgan fingerprint density at radius 3 is 3.15 bits per heavy atom. The van der Waals surface area contributed by atoms with E-state index < -0.39 is 0 Å². The first-order chi connectivity index (χ1) is 9.83. The van der Waals surface area contributed by atoms with Gasteiger partial charge in [-0.15, -0.1) is 0 Å². The molecule has 0 aliphatic carbocycles. The van der Waals surface area contributed by atoms with E-state index in [1.54, 1.807) is 6.20 Å². The number of anilines is 1. The van der Waals surface area contributed by atoms with Gasteiger partial charge in [-0.05, 0) is 50.1 Å². The Bertz CT molecular complexity index is 600. The van der Waals surface area contributed by atoms with Crippen LogP contribution in [0.4, 0.5) is 5.69 Å². The van der Waals surface area contributed by atoms with Crippen LogP contribution in [0, 0.1) is 0 Å². The summed E-state index contributed by atoms with van der Waals surface area (Å²) in [5, 5.41) is 7.41. The molecule has 0 saturated carbocycles. The monoisotopic (exact) mass is 269 g/mol. The first kappa shape index (κ1) is 13.1. The number of fused-ring (bicyclic) bond motifs is 1. The summed E-state index contributed by atoms with van der Waals surface area (Å²) in [5.41, 5.74) is 1.75. The second-order valence-corrected chi connectivity index (χ2v) is 5.26. The van der Waals surface area contributed by atoms with E-state index in [4.69, 9.17) is 0 Å². The van der Waals surface area contributed by atoms with E-state index in [0.717, 1.165) is 29.6 Å². The van der Waals surface area contributed by atoms with Crippen LogP contribution in [-0.2, 0) is 4.79 Å². The fourth-order valence-corrected chi connectivity index (χ4v) is 2.73. The van der Waals surface area contributed by atoms with Crippen LogP contribution in [0.3, 0.4) is 0 Å². The van der Waals surface area contributed by atoms with Gasteiger partial charge in [0.1, 0.15) is 0 Å². The third-order valence-corrected chi connectivity index (χ3v) is 3.80. The number of carbonyl (C=O) groups is 1. The number of hydrogen-bond acceptors (Lipinski definition) is 3. The van der Waals surface area contributed by atoms with Gasteiger partial charge in [0, 0.05) is 24.0 Å². The molecule has 20 heavy (non-hydrogen) atoms. The zero-order chi connectivity index (χ0) is 13.8. The van der Waals surface area contributed by atoms with Crippen molar-refractivity contribution in [1.82, 2.24) is 10.3 Å². The largest absolute Gasteiger partial charge is 0.325 e. The van der Waals surface area contributed by atoms with Crippen LogP contribution in [0.25, 0.3) is 10.9 Å². The summed E-state index contributed by atoms with van der Waals surface area (Å²) in [7, 11) is 0. The lowest BCUT2D eigenvalue weighted by Gasteiger charge is -2.11. The van der Waals surface area contributed by atoms with Crippen molar-refractivity contribution in [3.8, 4) is 0 Å². The number of nitrogens with one attached hydrogen (secondary N) is 2.